The van der Waals surface area contributed by atoms with Gasteiger partial charge in [-0.05, 0) is 48.2 Å². The zero-order valence-electron chi connectivity index (χ0n) is 18.3. The molecule has 2 aromatic rings. The van der Waals surface area contributed by atoms with Crippen molar-refractivity contribution in [3.63, 3.8) is 0 Å². The van der Waals surface area contributed by atoms with Crippen molar-refractivity contribution in [1.29, 1.82) is 0 Å². The van der Waals surface area contributed by atoms with E-state index in [1.807, 2.05) is 4.90 Å². The van der Waals surface area contributed by atoms with Crippen LogP contribution in [-0.4, -0.2) is 37.7 Å². The number of nitrogens with zero attached hydrogens (tertiary/aromatic N) is 1. The number of likely N-dealkylation sites (tertiary alicyclic amines) is 1. The maximum Gasteiger partial charge on any atom is 0.240 e. The number of hydrogen-bond donors (Lipinski definition) is 2. The second kappa shape index (κ2) is 10.0. The molecule has 2 aliphatic rings. The van der Waals surface area contributed by atoms with Crippen LogP contribution in [0.25, 0.3) is 0 Å². The number of carbonyl (C=O) groups excluding carboxylic acids is 2. The summed E-state index contributed by atoms with van der Waals surface area (Å²) in [6.07, 6.45) is 4.49. The summed E-state index contributed by atoms with van der Waals surface area (Å²) in [4.78, 5) is 26.9. The number of carbonyl (C=O) groups is 2. The Balaban J connectivity index is 1.33. The zero-order chi connectivity index (χ0) is 23.4. The first-order chi connectivity index (χ1) is 15.8. The molecule has 1 heterocycles. The smallest absolute Gasteiger partial charge is 0.240 e. The molecule has 33 heavy (non-hydrogen) atoms. The predicted molar refractivity (Wildman–Crippen MR) is 121 cm³/mol. The summed E-state index contributed by atoms with van der Waals surface area (Å²) in [5, 5.41) is 2.84. The van der Waals surface area contributed by atoms with E-state index in [4.69, 9.17) is 0 Å². The molecule has 0 spiro atoms. The van der Waals surface area contributed by atoms with Gasteiger partial charge in [0.15, 0.2) is 0 Å². The molecule has 7 nitrogen and oxygen atoms in total. The molecule has 176 valence electrons. The fourth-order valence-corrected chi connectivity index (χ4v) is 5.63. The van der Waals surface area contributed by atoms with E-state index in [0.29, 0.717) is 17.7 Å². The molecule has 2 amide bonds. The van der Waals surface area contributed by atoms with Crippen LogP contribution in [0.2, 0.25) is 0 Å². The lowest BCUT2D eigenvalue weighted by molar-refractivity contribution is -0.130. The second-order valence-electron chi connectivity index (χ2n) is 8.71. The minimum absolute atomic E-state index is 0.0335. The van der Waals surface area contributed by atoms with Crippen molar-refractivity contribution in [2.24, 2.45) is 5.92 Å². The zero-order valence-corrected chi connectivity index (χ0v) is 19.1. The summed E-state index contributed by atoms with van der Waals surface area (Å²) in [7, 11) is -3.81. The Labute approximate surface area is 193 Å². The Morgan fingerprint density at radius 2 is 1.73 bits per heavy atom. The first-order valence-electron chi connectivity index (χ1n) is 11.2. The fourth-order valence-electron chi connectivity index (χ4n) is 4.54. The van der Waals surface area contributed by atoms with E-state index in [0.717, 1.165) is 25.7 Å². The largest absolute Gasteiger partial charge is 0.352 e. The molecule has 4 rings (SSSR count). The van der Waals surface area contributed by atoms with E-state index in [2.05, 4.69) is 10.0 Å². The van der Waals surface area contributed by atoms with Crippen LogP contribution < -0.4 is 10.0 Å². The van der Waals surface area contributed by atoms with E-state index < -0.39 is 15.8 Å². The van der Waals surface area contributed by atoms with Gasteiger partial charge in [-0.3, -0.25) is 9.59 Å². The minimum atomic E-state index is -3.81. The van der Waals surface area contributed by atoms with Crippen LogP contribution >= 0.6 is 0 Å². The summed E-state index contributed by atoms with van der Waals surface area (Å²) in [6, 6.07) is 12.3. The van der Waals surface area contributed by atoms with Gasteiger partial charge in [0.2, 0.25) is 21.8 Å². The average molecular weight is 474 g/mol. The van der Waals surface area contributed by atoms with Crippen LogP contribution in [0.3, 0.4) is 0 Å². The molecule has 0 aromatic heterocycles. The Morgan fingerprint density at radius 3 is 2.45 bits per heavy atom. The lowest BCUT2D eigenvalue weighted by Gasteiger charge is -2.23. The van der Waals surface area contributed by atoms with E-state index >= 15 is 0 Å². The van der Waals surface area contributed by atoms with Gasteiger partial charge >= 0.3 is 0 Å². The molecule has 2 N–H and O–H groups in total. The van der Waals surface area contributed by atoms with Crippen LogP contribution in [-0.2, 0) is 32.7 Å². The molecule has 1 unspecified atom stereocenters. The van der Waals surface area contributed by atoms with Gasteiger partial charge in [0, 0.05) is 32.1 Å². The number of halogens is 1. The molecule has 0 radical (unpaired) electrons. The van der Waals surface area contributed by atoms with Crippen molar-refractivity contribution in [3.8, 4) is 0 Å². The number of amides is 2. The van der Waals surface area contributed by atoms with Gasteiger partial charge in [0.1, 0.15) is 5.82 Å². The molecular weight excluding hydrogens is 445 g/mol. The van der Waals surface area contributed by atoms with E-state index in [1.165, 1.54) is 30.3 Å². The van der Waals surface area contributed by atoms with Crippen molar-refractivity contribution in [3.05, 3.63) is 65.5 Å². The Morgan fingerprint density at radius 1 is 1.03 bits per heavy atom. The summed E-state index contributed by atoms with van der Waals surface area (Å²) in [5.74, 6) is -0.960. The third-order valence-electron chi connectivity index (χ3n) is 6.33. The molecule has 2 aromatic carbocycles. The van der Waals surface area contributed by atoms with Crippen molar-refractivity contribution in [1.82, 2.24) is 14.9 Å². The van der Waals surface area contributed by atoms with Crippen LogP contribution in [0.15, 0.2) is 53.4 Å². The molecule has 2 fully saturated rings. The average Bonchev–Trinajstić information content (AvgIpc) is 3.46. The van der Waals surface area contributed by atoms with Crippen molar-refractivity contribution in [2.45, 2.75) is 56.1 Å². The molecule has 1 saturated heterocycles. The summed E-state index contributed by atoms with van der Waals surface area (Å²) in [5.41, 5.74) is 1.15. The quantitative estimate of drug-likeness (QED) is 0.616. The van der Waals surface area contributed by atoms with Crippen LogP contribution in [0.4, 0.5) is 4.39 Å². The van der Waals surface area contributed by atoms with Gasteiger partial charge in [-0.1, -0.05) is 37.1 Å². The standard InChI is InChI=1S/C24H28FN3O4S/c25-20-7-3-5-17(11-20)15-27-33(31,32)22-10-4-6-18(12-22)14-26-24(30)19-13-23(29)28(16-19)21-8-1-2-9-21/h3-7,10-12,19,21,27H,1-2,8-9,13-16H2,(H,26,30). The van der Waals surface area contributed by atoms with Gasteiger partial charge in [-0.15, -0.1) is 0 Å². The number of rotatable bonds is 8. The summed E-state index contributed by atoms with van der Waals surface area (Å²) in [6.45, 7) is 0.586. The molecular formula is C24H28FN3O4S. The summed E-state index contributed by atoms with van der Waals surface area (Å²) >= 11 is 0. The molecule has 0 bridgehead atoms. The van der Waals surface area contributed by atoms with Gasteiger partial charge in [0.05, 0.1) is 10.8 Å². The van der Waals surface area contributed by atoms with Crippen LogP contribution in [0.1, 0.15) is 43.2 Å². The van der Waals surface area contributed by atoms with Crippen LogP contribution in [0, 0.1) is 11.7 Å². The molecule has 1 atom stereocenters. The highest BCUT2D eigenvalue weighted by atomic mass is 32.2. The summed E-state index contributed by atoms with van der Waals surface area (Å²) < 4.78 is 41.1. The van der Waals surface area contributed by atoms with Crippen molar-refractivity contribution in [2.75, 3.05) is 6.54 Å². The molecule has 1 aliphatic heterocycles. The first-order valence-corrected chi connectivity index (χ1v) is 12.7. The Bertz CT molecular complexity index is 1130. The number of hydrogen-bond acceptors (Lipinski definition) is 4. The third-order valence-corrected chi connectivity index (χ3v) is 7.72. The maximum atomic E-state index is 13.3. The second-order valence-corrected chi connectivity index (χ2v) is 10.5. The van der Waals surface area contributed by atoms with Gasteiger partial charge in [-0.2, -0.15) is 0 Å². The maximum absolute atomic E-state index is 13.3. The number of sulfonamides is 1. The highest BCUT2D eigenvalue weighted by Crippen LogP contribution is 2.29. The van der Waals surface area contributed by atoms with Gasteiger partial charge < -0.3 is 10.2 Å². The van der Waals surface area contributed by atoms with Crippen molar-refractivity contribution < 1.29 is 22.4 Å². The first kappa shape index (κ1) is 23.4. The van der Waals surface area contributed by atoms with Gasteiger partial charge in [0.25, 0.3) is 0 Å². The van der Waals surface area contributed by atoms with Crippen LogP contribution in [0.5, 0.6) is 0 Å². The normalized spacial score (nSPS) is 19.2. The van der Waals surface area contributed by atoms with E-state index in [1.54, 1.807) is 18.2 Å². The number of benzene rings is 2. The topological polar surface area (TPSA) is 95.6 Å². The highest BCUT2D eigenvalue weighted by molar-refractivity contribution is 7.89. The Hall–Kier alpha value is -2.78. The number of nitrogens with one attached hydrogen (secondary N) is 2. The molecule has 1 saturated carbocycles. The Kier molecular flexibility index (Phi) is 7.09. The lowest BCUT2D eigenvalue weighted by Crippen LogP contribution is -2.36. The SMILES string of the molecule is O=C(NCc1cccc(S(=O)(=O)NCc2cccc(F)c2)c1)C1CC(=O)N(C2CCCC2)C1. The third kappa shape index (κ3) is 5.78. The molecule has 1 aliphatic carbocycles. The monoisotopic (exact) mass is 473 g/mol. The van der Waals surface area contributed by atoms with E-state index in [9.17, 15) is 22.4 Å². The van der Waals surface area contributed by atoms with Crippen molar-refractivity contribution >= 4 is 21.8 Å². The van der Waals surface area contributed by atoms with Gasteiger partial charge in [-0.25, -0.2) is 17.5 Å². The fraction of sp³-hybridized carbons (Fsp3) is 0.417. The highest BCUT2D eigenvalue weighted by Gasteiger charge is 2.38. The predicted octanol–water partition coefficient (Wildman–Crippen LogP) is 2.71. The van der Waals surface area contributed by atoms with E-state index in [-0.39, 0.29) is 48.2 Å². The lowest BCUT2D eigenvalue weighted by atomic mass is 10.1. The molecule has 9 heteroatoms. The minimum Gasteiger partial charge on any atom is -0.352 e.